The summed E-state index contributed by atoms with van der Waals surface area (Å²) in [6, 6.07) is 16.2. The molecule has 0 aromatic heterocycles. The molecular formula is C26H21FN2O5. The molecule has 7 nitrogen and oxygen atoms in total. The smallest absolute Gasteiger partial charge is 0.338 e. The van der Waals surface area contributed by atoms with Gasteiger partial charge in [0.1, 0.15) is 5.82 Å². The van der Waals surface area contributed by atoms with E-state index in [-0.39, 0.29) is 22.4 Å². The molecular weight excluding hydrogens is 439 g/mol. The van der Waals surface area contributed by atoms with E-state index in [1.807, 2.05) is 12.1 Å². The molecule has 0 bridgehead atoms. The Morgan fingerprint density at radius 2 is 1.56 bits per heavy atom. The highest BCUT2D eigenvalue weighted by Gasteiger charge is 2.37. The molecule has 34 heavy (non-hydrogen) atoms. The van der Waals surface area contributed by atoms with Crippen molar-refractivity contribution in [2.45, 2.75) is 19.8 Å². The summed E-state index contributed by atoms with van der Waals surface area (Å²) in [6.07, 6.45) is 0. The minimum Gasteiger partial charge on any atom is -0.452 e. The Labute approximate surface area is 195 Å². The van der Waals surface area contributed by atoms with Crippen LogP contribution < -0.4 is 10.2 Å². The minimum absolute atomic E-state index is 0.0231. The summed E-state index contributed by atoms with van der Waals surface area (Å²) in [5, 5.41) is 2.65. The lowest BCUT2D eigenvalue weighted by atomic mass is 10.0. The third-order valence-electron chi connectivity index (χ3n) is 5.40. The van der Waals surface area contributed by atoms with E-state index in [1.165, 1.54) is 30.3 Å². The predicted molar refractivity (Wildman–Crippen MR) is 123 cm³/mol. The monoisotopic (exact) mass is 460 g/mol. The number of halogens is 1. The first-order chi connectivity index (χ1) is 16.2. The first-order valence-electron chi connectivity index (χ1n) is 10.6. The van der Waals surface area contributed by atoms with Crippen LogP contribution in [0.4, 0.5) is 15.8 Å². The third kappa shape index (κ3) is 4.56. The van der Waals surface area contributed by atoms with Crippen LogP contribution in [0.15, 0.2) is 66.7 Å². The number of nitrogens with zero attached hydrogens (tertiary/aromatic N) is 1. The molecule has 172 valence electrons. The first-order valence-corrected chi connectivity index (χ1v) is 10.6. The van der Waals surface area contributed by atoms with E-state index >= 15 is 0 Å². The van der Waals surface area contributed by atoms with E-state index in [2.05, 4.69) is 19.2 Å². The summed E-state index contributed by atoms with van der Waals surface area (Å²) in [6.45, 7) is 3.61. The summed E-state index contributed by atoms with van der Waals surface area (Å²) >= 11 is 0. The molecule has 3 amide bonds. The molecule has 1 aliphatic rings. The highest BCUT2D eigenvalue weighted by Crippen LogP contribution is 2.29. The maximum Gasteiger partial charge on any atom is 0.338 e. The van der Waals surface area contributed by atoms with Crippen molar-refractivity contribution in [2.24, 2.45) is 0 Å². The van der Waals surface area contributed by atoms with E-state index in [1.54, 1.807) is 12.1 Å². The highest BCUT2D eigenvalue weighted by molar-refractivity contribution is 6.34. The van der Waals surface area contributed by atoms with Crippen molar-refractivity contribution in [3.63, 3.8) is 0 Å². The molecule has 1 N–H and O–H groups in total. The Balaban J connectivity index is 1.41. The second-order valence-electron chi connectivity index (χ2n) is 8.08. The molecule has 0 radical (unpaired) electrons. The Morgan fingerprint density at radius 3 is 2.21 bits per heavy atom. The zero-order valence-corrected chi connectivity index (χ0v) is 18.5. The molecule has 0 unspecified atom stereocenters. The van der Waals surface area contributed by atoms with Crippen molar-refractivity contribution in [3.05, 3.63) is 94.8 Å². The summed E-state index contributed by atoms with van der Waals surface area (Å²) in [7, 11) is 0. The number of rotatable bonds is 6. The molecule has 1 aliphatic heterocycles. The number of carbonyl (C=O) groups is 4. The van der Waals surface area contributed by atoms with E-state index in [4.69, 9.17) is 4.74 Å². The zero-order valence-electron chi connectivity index (χ0n) is 18.5. The van der Waals surface area contributed by atoms with Crippen molar-refractivity contribution >= 4 is 35.1 Å². The van der Waals surface area contributed by atoms with Crippen molar-refractivity contribution in [2.75, 3.05) is 16.8 Å². The molecule has 3 aromatic rings. The van der Waals surface area contributed by atoms with Gasteiger partial charge in [0.25, 0.3) is 17.7 Å². The summed E-state index contributed by atoms with van der Waals surface area (Å²) in [5.74, 6) is -2.67. The van der Waals surface area contributed by atoms with Crippen LogP contribution in [-0.4, -0.2) is 30.3 Å². The van der Waals surface area contributed by atoms with Crippen LogP contribution in [-0.2, 0) is 9.53 Å². The van der Waals surface area contributed by atoms with Gasteiger partial charge in [0.15, 0.2) is 6.61 Å². The van der Waals surface area contributed by atoms with Gasteiger partial charge in [-0.25, -0.2) is 14.1 Å². The van der Waals surface area contributed by atoms with Gasteiger partial charge in [-0.1, -0.05) is 26.0 Å². The zero-order chi connectivity index (χ0) is 24.4. The Morgan fingerprint density at radius 1 is 0.912 bits per heavy atom. The normalized spacial score (nSPS) is 12.6. The molecule has 0 atom stereocenters. The fourth-order valence-corrected chi connectivity index (χ4v) is 3.56. The van der Waals surface area contributed by atoms with Crippen molar-refractivity contribution < 1.29 is 28.3 Å². The van der Waals surface area contributed by atoms with Gasteiger partial charge in [0.05, 0.1) is 22.4 Å². The third-order valence-corrected chi connectivity index (χ3v) is 5.40. The lowest BCUT2D eigenvalue weighted by molar-refractivity contribution is -0.119. The number of imide groups is 1. The molecule has 3 aromatic carbocycles. The lowest BCUT2D eigenvalue weighted by Crippen LogP contribution is -2.29. The fraction of sp³-hybridized carbons (Fsp3) is 0.154. The lowest BCUT2D eigenvalue weighted by Gasteiger charge is -2.13. The number of esters is 1. The van der Waals surface area contributed by atoms with Crippen molar-refractivity contribution in [3.8, 4) is 0 Å². The van der Waals surface area contributed by atoms with Gasteiger partial charge in [-0.15, -0.1) is 0 Å². The van der Waals surface area contributed by atoms with Crippen molar-refractivity contribution in [1.29, 1.82) is 0 Å². The van der Waals surface area contributed by atoms with E-state index in [9.17, 15) is 23.6 Å². The van der Waals surface area contributed by atoms with Crippen LogP contribution in [0.1, 0.15) is 56.4 Å². The largest absolute Gasteiger partial charge is 0.452 e. The van der Waals surface area contributed by atoms with E-state index in [0.717, 1.165) is 22.6 Å². The molecule has 4 rings (SSSR count). The summed E-state index contributed by atoms with van der Waals surface area (Å²) < 4.78 is 18.3. The topological polar surface area (TPSA) is 92.8 Å². The average Bonchev–Trinajstić information content (AvgIpc) is 3.08. The van der Waals surface area contributed by atoms with Crippen LogP contribution in [0, 0.1) is 5.82 Å². The minimum atomic E-state index is -0.811. The number of benzene rings is 3. The Hall–Kier alpha value is -4.33. The number of ether oxygens (including phenoxy) is 1. The number of anilines is 2. The van der Waals surface area contributed by atoms with Crippen LogP contribution in [0.5, 0.6) is 0 Å². The Kier molecular flexibility index (Phi) is 6.23. The van der Waals surface area contributed by atoms with Crippen LogP contribution >= 0.6 is 0 Å². The number of hydrogen-bond donors (Lipinski definition) is 1. The predicted octanol–water partition coefficient (Wildman–Crippen LogP) is 4.55. The number of hydrogen-bond acceptors (Lipinski definition) is 5. The van der Waals surface area contributed by atoms with Crippen LogP contribution in [0.25, 0.3) is 0 Å². The molecule has 0 fully saturated rings. The average molecular weight is 460 g/mol. The number of carbonyl (C=O) groups excluding carboxylic acids is 4. The van der Waals surface area contributed by atoms with Gasteiger partial charge in [-0.2, -0.15) is 0 Å². The number of amides is 3. The van der Waals surface area contributed by atoms with E-state index < -0.39 is 36.1 Å². The summed E-state index contributed by atoms with van der Waals surface area (Å²) in [5.41, 5.74) is 2.09. The highest BCUT2D eigenvalue weighted by atomic mass is 19.1. The van der Waals surface area contributed by atoms with Gasteiger partial charge in [0, 0.05) is 5.69 Å². The van der Waals surface area contributed by atoms with Gasteiger partial charge < -0.3 is 10.1 Å². The molecule has 0 saturated heterocycles. The van der Waals surface area contributed by atoms with E-state index in [0.29, 0.717) is 11.6 Å². The van der Waals surface area contributed by atoms with Gasteiger partial charge in [-0.3, -0.25) is 14.4 Å². The second-order valence-corrected chi connectivity index (χ2v) is 8.08. The maximum atomic E-state index is 13.2. The van der Waals surface area contributed by atoms with Crippen molar-refractivity contribution in [1.82, 2.24) is 0 Å². The maximum absolute atomic E-state index is 13.2. The quantitative estimate of drug-likeness (QED) is 0.431. The molecule has 1 heterocycles. The first kappa shape index (κ1) is 22.8. The van der Waals surface area contributed by atoms with Gasteiger partial charge >= 0.3 is 5.97 Å². The molecule has 0 aliphatic carbocycles. The van der Waals surface area contributed by atoms with Gasteiger partial charge in [0.2, 0.25) is 0 Å². The number of nitrogens with one attached hydrogen (secondary N) is 1. The SMILES string of the molecule is CC(C)c1ccc(NC(=O)COC(=O)c2ccc3c(c2)C(=O)N(c2ccc(F)cc2)C3=O)cc1. The van der Waals surface area contributed by atoms with Gasteiger partial charge in [-0.05, 0) is 66.1 Å². The fourth-order valence-electron chi connectivity index (χ4n) is 3.56. The van der Waals surface area contributed by atoms with Crippen LogP contribution in [0.3, 0.4) is 0 Å². The molecule has 0 saturated carbocycles. The molecule has 0 spiro atoms. The number of fused-ring (bicyclic) bond motifs is 1. The second kappa shape index (κ2) is 9.27. The van der Waals surface area contributed by atoms with Crippen LogP contribution in [0.2, 0.25) is 0 Å². The standard InChI is InChI=1S/C26H21FN2O5/c1-15(2)16-3-8-19(9-4-16)28-23(30)14-34-26(33)17-5-12-21-22(13-17)25(32)29(24(21)31)20-10-6-18(27)7-11-20/h3-13,15H,14H2,1-2H3,(H,28,30). The summed E-state index contributed by atoms with van der Waals surface area (Å²) in [4.78, 5) is 51.0. The Bertz CT molecular complexity index is 1280. The molecule has 8 heteroatoms.